The van der Waals surface area contributed by atoms with E-state index in [-0.39, 0.29) is 17.8 Å². The molecular weight excluding hydrogens is 377 g/mol. The molecule has 1 aliphatic heterocycles. The molecule has 2 aromatic carbocycles. The summed E-state index contributed by atoms with van der Waals surface area (Å²) in [6.45, 7) is 3.63. The van der Waals surface area contributed by atoms with Crippen LogP contribution in [0.5, 0.6) is 0 Å². The number of aryl methyl sites for hydroxylation is 1. The molecule has 2 heterocycles. The van der Waals surface area contributed by atoms with E-state index in [1.807, 2.05) is 23.1 Å². The van der Waals surface area contributed by atoms with Gasteiger partial charge in [0.05, 0.1) is 16.8 Å². The molecule has 5 heteroatoms. The van der Waals surface area contributed by atoms with Gasteiger partial charge >= 0.3 is 0 Å². The molecule has 0 saturated carbocycles. The Morgan fingerprint density at radius 3 is 2.67 bits per heavy atom. The van der Waals surface area contributed by atoms with Crippen molar-refractivity contribution in [1.29, 1.82) is 0 Å². The molecule has 0 aliphatic carbocycles. The van der Waals surface area contributed by atoms with E-state index in [9.17, 15) is 9.18 Å². The Morgan fingerprint density at radius 1 is 1.13 bits per heavy atom. The summed E-state index contributed by atoms with van der Waals surface area (Å²) < 4.78 is 14.1. The minimum atomic E-state index is -0.327. The highest BCUT2D eigenvalue weighted by Gasteiger charge is 2.23. The fourth-order valence-corrected chi connectivity index (χ4v) is 4.10. The van der Waals surface area contributed by atoms with Crippen molar-refractivity contribution in [2.45, 2.75) is 45.1 Å². The summed E-state index contributed by atoms with van der Waals surface area (Å²) in [4.78, 5) is 19.6. The van der Waals surface area contributed by atoms with E-state index in [2.05, 4.69) is 29.4 Å². The van der Waals surface area contributed by atoms with Crippen LogP contribution in [-0.2, 0) is 6.42 Å². The zero-order valence-corrected chi connectivity index (χ0v) is 17.4. The molecule has 1 fully saturated rings. The smallest absolute Gasteiger partial charge is 0.257 e. The fourth-order valence-electron chi connectivity index (χ4n) is 4.10. The highest BCUT2D eigenvalue weighted by atomic mass is 19.1. The van der Waals surface area contributed by atoms with Crippen molar-refractivity contribution in [2.75, 3.05) is 18.4 Å². The van der Waals surface area contributed by atoms with Gasteiger partial charge in [0.15, 0.2) is 0 Å². The Bertz CT molecular complexity index is 1020. The van der Waals surface area contributed by atoms with Gasteiger partial charge in [-0.2, -0.15) is 0 Å². The SMILES string of the molecule is C[C@H](CCc1ccccc1)Nc1c(C(=O)N2CCCCC2)cnc2ccc(F)cc12. The molecule has 3 aromatic rings. The number of piperidine rings is 1. The van der Waals surface area contributed by atoms with Crippen LogP contribution in [0.4, 0.5) is 10.1 Å². The van der Waals surface area contributed by atoms with Crippen molar-refractivity contribution in [2.24, 2.45) is 0 Å². The third-order valence-electron chi connectivity index (χ3n) is 5.80. The Hall–Kier alpha value is -2.95. The summed E-state index contributed by atoms with van der Waals surface area (Å²) in [5.74, 6) is -0.349. The maximum absolute atomic E-state index is 14.1. The van der Waals surface area contributed by atoms with E-state index >= 15 is 0 Å². The van der Waals surface area contributed by atoms with Gasteiger partial charge in [0.1, 0.15) is 5.82 Å². The van der Waals surface area contributed by atoms with Crippen LogP contribution in [0.25, 0.3) is 10.9 Å². The van der Waals surface area contributed by atoms with Crippen molar-refractivity contribution < 1.29 is 9.18 Å². The average Bonchev–Trinajstić information content (AvgIpc) is 2.79. The van der Waals surface area contributed by atoms with Gasteiger partial charge < -0.3 is 10.2 Å². The molecule has 1 atom stereocenters. The van der Waals surface area contributed by atoms with E-state index in [1.54, 1.807) is 12.3 Å². The zero-order valence-electron chi connectivity index (χ0n) is 17.4. The van der Waals surface area contributed by atoms with Gasteiger partial charge in [-0.3, -0.25) is 9.78 Å². The first-order valence-electron chi connectivity index (χ1n) is 10.8. The number of amides is 1. The van der Waals surface area contributed by atoms with Gasteiger partial charge in [0, 0.05) is 30.7 Å². The number of hydrogen-bond acceptors (Lipinski definition) is 3. The molecule has 4 nitrogen and oxygen atoms in total. The lowest BCUT2D eigenvalue weighted by Crippen LogP contribution is -2.36. The van der Waals surface area contributed by atoms with Crippen LogP contribution in [0, 0.1) is 5.82 Å². The van der Waals surface area contributed by atoms with Crippen LogP contribution in [0.15, 0.2) is 54.7 Å². The summed E-state index contributed by atoms with van der Waals surface area (Å²) in [6, 6.07) is 15.0. The number of fused-ring (bicyclic) bond motifs is 1. The number of anilines is 1. The van der Waals surface area contributed by atoms with Gasteiger partial charge in [-0.25, -0.2) is 4.39 Å². The number of aromatic nitrogens is 1. The second-order valence-corrected chi connectivity index (χ2v) is 8.13. The van der Waals surface area contributed by atoms with Gasteiger partial charge in [0.25, 0.3) is 5.91 Å². The molecule has 30 heavy (non-hydrogen) atoms. The van der Waals surface area contributed by atoms with Gasteiger partial charge in [-0.15, -0.1) is 0 Å². The number of halogens is 1. The van der Waals surface area contributed by atoms with Gasteiger partial charge in [-0.05, 0) is 62.8 Å². The minimum absolute atomic E-state index is 0.0221. The summed E-state index contributed by atoms with van der Waals surface area (Å²) in [5, 5.41) is 4.17. The maximum Gasteiger partial charge on any atom is 0.257 e. The first-order chi connectivity index (χ1) is 14.6. The van der Waals surface area contributed by atoms with Crippen LogP contribution in [0.1, 0.15) is 48.5 Å². The van der Waals surface area contributed by atoms with Crippen LogP contribution in [0.2, 0.25) is 0 Å². The third kappa shape index (κ3) is 4.61. The summed E-state index contributed by atoms with van der Waals surface area (Å²) >= 11 is 0. The van der Waals surface area contributed by atoms with Crippen molar-refractivity contribution in [3.05, 3.63) is 71.7 Å². The molecule has 0 spiro atoms. The standard InChI is InChI=1S/C25H28FN3O/c1-18(10-11-19-8-4-2-5-9-19)28-24-21-16-20(26)12-13-23(21)27-17-22(24)25(30)29-14-6-3-7-15-29/h2,4-5,8-9,12-13,16-18H,3,6-7,10-11,14-15H2,1H3,(H,27,28)/t18-/m1/s1. The molecule has 1 saturated heterocycles. The van der Waals surface area contributed by atoms with E-state index in [4.69, 9.17) is 0 Å². The van der Waals surface area contributed by atoms with Crippen molar-refractivity contribution >= 4 is 22.5 Å². The van der Waals surface area contributed by atoms with Crippen LogP contribution >= 0.6 is 0 Å². The maximum atomic E-state index is 14.1. The summed E-state index contributed by atoms with van der Waals surface area (Å²) in [7, 11) is 0. The molecule has 1 aromatic heterocycles. The number of nitrogens with one attached hydrogen (secondary N) is 1. The van der Waals surface area contributed by atoms with Crippen LogP contribution in [0.3, 0.4) is 0 Å². The molecule has 0 unspecified atom stereocenters. The normalized spacial score (nSPS) is 15.2. The molecule has 0 radical (unpaired) electrons. The molecule has 1 aliphatic rings. The Kier molecular flexibility index (Phi) is 6.26. The van der Waals surface area contributed by atoms with Gasteiger partial charge in [-0.1, -0.05) is 30.3 Å². The fraction of sp³-hybridized carbons (Fsp3) is 0.360. The van der Waals surface area contributed by atoms with E-state index in [0.29, 0.717) is 22.2 Å². The van der Waals surface area contributed by atoms with Crippen LogP contribution in [-0.4, -0.2) is 34.9 Å². The predicted octanol–water partition coefficient (Wildman–Crippen LogP) is 5.43. The summed E-state index contributed by atoms with van der Waals surface area (Å²) in [6.07, 6.45) is 6.69. The van der Waals surface area contributed by atoms with Crippen molar-refractivity contribution in [3.8, 4) is 0 Å². The highest BCUT2D eigenvalue weighted by molar-refractivity contribution is 6.07. The lowest BCUT2D eigenvalue weighted by atomic mass is 10.0. The Morgan fingerprint density at radius 2 is 1.90 bits per heavy atom. The molecular formula is C25H28FN3O. The first-order valence-corrected chi connectivity index (χ1v) is 10.8. The molecule has 1 amide bonds. The minimum Gasteiger partial charge on any atom is -0.381 e. The molecule has 156 valence electrons. The number of likely N-dealkylation sites (tertiary alicyclic amines) is 1. The number of benzene rings is 2. The van der Waals surface area contributed by atoms with Crippen LogP contribution < -0.4 is 5.32 Å². The number of rotatable bonds is 6. The second kappa shape index (κ2) is 9.24. The topological polar surface area (TPSA) is 45.2 Å². The zero-order chi connectivity index (χ0) is 20.9. The lowest BCUT2D eigenvalue weighted by molar-refractivity contribution is 0.0725. The number of hydrogen-bond donors (Lipinski definition) is 1. The van der Waals surface area contributed by atoms with Crippen molar-refractivity contribution in [3.63, 3.8) is 0 Å². The van der Waals surface area contributed by atoms with Crippen molar-refractivity contribution in [1.82, 2.24) is 9.88 Å². The number of pyridine rings is 1. The summed E-state index contributed by atoms with van der Waals surface area (Å²) in [5.41, 5.74) is 3.18. The quantitative estimate of drug-likeness (QED) is 0.594. The largest absolute Gasteiger partial charge is 0.381 e. The van der Waals surface area contributed by atoms with E-state index in [0.717, 1.165) is 45.2 Å². The molecule has 4 rings (SSSR count). The first kappa shape index (κ1) is 20.3. The van der Waals surface area contributed by atoms with Gasteiger partial charge in [0.2, 0.25) is 0 Å². The lowest BCUT2D eigenvalue weighted by Gasteiger charge is -2.28. The monoisotopic (exact) mass is 405 g/mol. The Labute approximate surface area is 177 Å². The Balaban J connectivity index is 1.62. The number of carbonyl (C=O) groups is 1. The molecule has 0 bridgehead atoms. The second-order valence-electron chi connectivity index (χ2n) is 8.13. The number of nitrogens with zero attached hydrogens (tertiary/aromatic N) is 2. The average molecular weight is 406 g/mol. The third-order valence-corrected chi connectivity index (χ3v) is 5.80. The predicted molar refractivity (Wildman–Crippen MR) is 119 cm³/mol. The molecule has 1 N–H and O–H groups in total. The highest BCUT2D eigenvalue weighted by Crippen LogP contribution is 2.29. The van der Waals surface area contributed by atoms with E-state index in [1.165, 1.54) is 17.7 Å². The number of carbonyl (C=O) groups excluding carboxylic acids is 1. The van der Waals surface area contributed by atoms with E-state index < -0.39 is 0 Å².